The first kappa shape index (κ1) is 101. The van der Waals surface area contributed by atoms with E-state index in [1.807, 2.05) is 0 Å². The Morgan fingerprint density at radius 2 is 0.466 bits per heavy atom. The molecule has 0 spiro atoms. The number of carbonyl (C=O) groups is 4. The first-order valence-electron chi connectivity index (χ1n) is 43.2. The Hall–Kier alpha value is -1.94. The quantitative estimate of drug-likeness (QED) is 0.0222. The summed E-state index contributed by atoms with van der Waals surface area (Å²) < 4.78 is 68.8. The molecule has 0 aliphatic rings. The van der Waals surface area contributed by atoms with Crippen LogP contribution in [0.2, 0.25) is 0 Å². The highest BCUT2D eigenvalue weighted by Crippen LogP contribution is 2.45. The van der Waals surface area contributed by atoms with Gasteiger partial charge in [0, 0.05) is 25.7 Å². The molecule has 0 amide bonds. The summed E-state index contributed by atoms with van der Waals surface area (Å²) >= 11 is 0. The summed E-state index contributed by atoms with van der Waals surface area (Å²) in [5, 5.41) is 10.7. The number of aliphatic hydroxyl groups excluding tert-OH is 1. The number of phosphoric ester groups is 2. The molecule has 0 saturated carbocycles. The van der Waals surface area contributed by atoms with Crippen LogP contribution in [0.1, 0.15) is 434 Å². The van der Waals surface area contributed by atoms with Crippen molar-refractivity contribution in [3.8, 4) is 0 Å². The molecule has 103 heavy (non-hydrogen) atoms. The van der Waals surface area contributed by atoms with Gasteiger partial charge < -0.3 is 33.8 Å². The van der Waals surface area contributed by atoms with Crippen LogP contribution in [0, 0.1) is 23.7 Å². The first-order chi connectivity index (χ1) is 49.6. The third-order valence-corrected chi connectivity index (χ3v) is 21.8. The van der Waals surface area contributed by atoms with Gasteiger partial charge in [-0.25, -0.2) is 9.13 Å². The Morgan fingerprint density at radius 3 is 0.689 bits per heavy atom. The number of hydrogen-bond acceptors (Lipinski definition) is 15. The topological polar surface area (TPSA) is 237 Å². The molecule has 0 heterocycles. The summed E-state index contributed by atoms with van der Waals surface area (Å²) in [5.41, 5.74) is 0. The zero-order chi connectivity index (χ0) is 76.0. The summed E-state index contributed by atoms with van der Waals surface area (Å²) in [6.45, 7) is 14.3. The van der Waals surface area contributed by atoms with E-state index in [1.54, 1.807) is 0 Å². The Labute approximate surface area is 632 Å². The maximum Gasteiger partial charge on any atom is 0.472 e. The summed E-state index contributed by atoms with van der Waals surface area (Å²) in [4.78, 5) is 73.1. The largest absolute Gasteiger partial charge is 0.472 e. The minimum atomic E-state index is -4.97. The predicted molar refractivity (Wildman–Crippen MR) is 423 cm³/mol. The fraction of sp³-hybridized carbons (Fsp3) is 0.952. The van der Waals surface area contributed by atoms with Gasteiger partial charge in [0.15, 0.2) is 12.2 Å². The molecule has 17 nitrogen and oxygen atoms in total. The first-order valence-corrected chi connectivity index (χ1v) is 46.2. The number of hydrogen-bond donors (Lipinski definition) is 3. The lowest BCUT2D eigenvalue weighted by molar-refractivity contribution is -0.161. The molecule has 0 fully saturated rings. The fourth-order valence-electron chi connectivity index (χ4n) is 12.9. The third-order valence-electron chi connectivity index (χ3n) is 19.9. The molecule has 0 bridgehead atoms. The average molecular weight is 1510 g/mol. The maximum absolute atomic E-state index is 13.1. The number of carbonyl (C=O) groups excluding carboxylic acids is 4. The second-order valence-corrected chi connectivity index (χ2v) is 34.8. The van der Waals surface area contributed by atoms with Crippen LogP contribution in [0.15, 0.2) is 0 Å². The molecule has 19 heteroatoms. The number of aliphatic hydroxyl groups is 1. The molecule has 4 unspecified atom stereocenters. The Bertz CT molecular complexity index is 2010. The molecule has 0 aromatic rings. The van der Waals surface area contributed by atoms with Crippen LogP contribution in [-0.4, -0.2) is 96.7 Å². The standard InChI is InChI=1S/C84H164O17P2/c1-9-77(8)63-55-47-39-31-25-19-14-15-20-26-32-40-48-56-64-81(86)94-70-79(100-83(88)66-58-50-41-33-27-21-13-11-10-12-17-23-29-36-44-52-60-74(2)3)72-98-102(90,91)96-68-78(85)69-97-103(92,93)99-73-80(71-95-82(87)65-57-49-43-35-38-46-54-62-76(6)7)101-84(89)67-59-51-42-34-28-22-16-18-24-30-37-45-53-61-75(4)5/h74-80,85H,9-73H2,1-8H3,(H,90,91)(H,92,93)/t77?,78?,79-,80-/m1/s1. The molecule has 612 valence electrons. The normalized spacial score (nSPS) is 14.2. The van der Waals surface area contributed by atoms with Gasteiger partial charge in [-0.05, 0) is 49.4 Å². The van der Waals surface area contributed by atoms with E-state index in [-0.39, 0.29) is 25.7 Å². The SMILES string of the molecule is CCC(C)CCCCCCCCCCCCCCCCC(=O)OC[C@H](COP(=O)(O)OCC(O)COP(=O)(O)OC[C@@H](COC(=O)CCCCCCCCCC(C)C)OC(=O)CCCCCCCCCCCCCCCC(C)C)OC(=O)CCCCCCCCCCCCCCCCCCC(C)C. The van der Waals surface area contributed by atoms with Crippen molar-refractivity contribution in [1.29, 1.82) is 0 Å². The van der Waals surface area contributed by atoms with Crippen LogP contribution in [0.25, 0.3) is 0 Å². The minimum absolute atomic E-state index is 0.106. The van der Waals surface area contributed by atoms with Gasteiger partial charge in [0.1, 0.15) is 19.3 Å². The molecule has 0 rings (SSSR count). The number of esters is 4. The van der Waals surface area contributed by atoms with Crippen LogP contribution in [0.5, 0.6) is 0 Å². The molecule has 0 aliphatic carbocycles. The zero-order valence-electron chi connectivity index (χ0n) is 68.0. The summed E-state index contributed by atoms with van der Waals surface area (Å²) in [6, 6.07) is 0. The summed E-state index contributed by atoms with van der Waals surface area (Å²) in [7, 11) is -9.93. The van der Waals surface area contributed by atoms with Gasteiger partial charge in [-0.1, -0.05) is 383 Å². The lowest BCUT2D eigenvalue weighted by Crippen LogP contribution is -2.30. The van der Waals surface area contributed by atoms with Crippen LogP contribution in [0.3, 0.4) is 0 Å². The predicted octanol–water partition coefficient (Wildman–Crippen LogP) is 25.2. The molecule has 0 aliphatic heterocycles. The van der Waals surface area contributed by atoms with Crippen molar-refractivity contribution in [3.63, 3.8) is 0 Å². The number of rotatable bonds is 81. The van der Waals surface area contributed by atoms with Crippen molar-refractivity contribution < 1.29 is 80.2 Å². The van der Waals surface area contributed by atoms with Crippen molar-refractivity contribution in [3.05, 3.63) is 0 Å². The minimum Gasteiger partial charge on any atom is -0.462 e. The average Bonchev–Trinajstić information content (AvgIpc) is 0.939. The lowest BCUT2D eigenvalue weighted by Gasteiger charge is -2.21. The molecule has 0 radical (unpaired) electrons. The van der Waals surface area contributed by atoms with E-state index < -0.39 is 97.5 Å². The van der Waals surface area contributed by atoms with E-state index >= 15 is 0 Å². The van der Waals surface area contributed by atoms with Gasteiger partial charge in [-0.2, -0.15) is 0 Å². The Kier molecular flexibility index (Phi) is 71.5. The molecule has 0 aromatic heterocycles. The van der Waals surface area contributed by atoms with Crippen molar-refractivity contribution in [2.45, 2.75) is 453 Å². The third kappa shape index (κ3) is 76.6. The van der Waals surface area contributed by atoms with Gasteiger partial charge >= 0.3 is 39.5 Å². The highest BCUT2D eigenvalue weighted by atomic mass is 31.2. The van der Waals surface area contributed by atoms with E-state index in [0.717, 1.165) is 114 Å². The van der Waals surface area contributed by atoms with E-state index in [1.165, 1.54) is 231 Å². The van der Waals surface area contributed by atoms with Crippen molar-refractivity contribution in [2.75, 3.05) is 39.6 Å². The highest BCUT2D eigenvalue weighted by molar-refractivity contribution is 7.47. The molecule has 0 saturated heterocycles. The fourth-order valence-corrected chi connectivity index (χ4v) is 14.5. The van der Waals surface area contributed by atoms with Crippen LogP contribution in [0.4, 0.5) is 0 Å². The van der Waals surface area contributed by atoms with E-state index in [0.29, 0.717) is 31.6 Å². The van der Waals surface area contributed by atoms with Crippen LogP contribution >= 0.6 is 15.6 Å². The number of ether oxygens (including phenoxy) is 4. The second kappa shape index (κ2) is 72.9. The van der Waals surface area contributed by atoms with E-state index in [2.05, 4.69) is 55.4 Å². The molecule has 6 atom stereocenters. The van der Waals surface area contributed by atoms with E-state index in [9.17, 15) is 43.2 Å². The smallest absolute Gasteiger partial charge is 0.462 e. The number of phosphoric acid groups is 2. The van der Waals surface area contributed by atoms with E-state index in [4.69, 9.17) is 37.0 Å². The second-order valence-electron chi connectivity index (χ2n) is 31.9. The van der Waals surface area contributed by atoms with Crippen LogP contribution < -0.4 is 0 Å². The van der Waals surface area contributed by atoms with Crippen molar-refractivity contribution in [1.82, 2.24) is 0 Å². The van der Waals surface area contributed by atoms with Crippen molar-refractivity contribution in [2.24, 2.45) is 23.7 Å². The summed E-state index contributed by atoms with van der Waals surface area (Å²) in [6.07, 6.45) is 61.1. The molecular formula is C84H164O17P2. The van der Waals surface area contributed by atoms with Gasteiger partial charge in [0.25, 0.3) is 0 Å². The van der Waals surface area contributed by atoms with Crippen molar-refractivity contribution >= 4 is 39.5 Å². The van der Waals surface area contributed by atoms with Gasteiger partial charge in [-0.3, -0.25) is 37.3 Å². The highest BCUT2D eigenvalue weighted by Gasteiger charge is 2.30. The van der Waals surface area contributed by atoms with Gasteiger partial charge in [-0.15, -0.1) is 0 Å². The maximum atomic E-state index is 13.1. The van der Waals surface area contributed by atoms with Gasteiger partial charge in [0.05, 0.1) is 26.4 Å². The Balaban J connectivity index is 5.25. The zero-order valence-corrected chi connectivity index (χ0v) is 69.7. The lowest BCUT2D eigenvalue weighted by atomic mass is 9.99. The number of unbranched alkanes of at least 4 members (excludes halogenated alkanes) is 46. The Morgan fingerprint density at radius 1 is 0.272 bits per heavy atom. The molecule has 0 aromatic carbocycles. The van der Waals surface area contributed by atoms with Gasteiger partial charge in [0.2, 0.25) is 0 Å². The molecule has 3 N–H and O–H groups in total. The summed E-state index contributed by atoms with van der Waals surface area (Å²) in [5.74, 6) is 1.04. The monoisotopic (exact) mass is 1510 g/mol. The molecular weight excluding hydrogens is 1340 g/mol. The van der Waals surface area contributed by atoms with Crippen LogP contribution in [-0.2, 0) is 65.4 Å².